The van der Waals surface area contributed by atoms with Crippen LogP contribution in [-0.2, 0) is 6.54 Å². The lowest BCUT2D eigenvalue weighted by atomic mass is 10.2. The molecular weight excluding hydrogens is 244 g/mol. The van der Waals surface area contributed by atoms with E-state index in [0.29, 0.717) is 18.1 Å². The number of nitrogens with one attached hydrogen (secondary N) is 1. The molecule has 1 aromatic carbocycles. The summed E-state index contributed by atoms with van der Waals surface area (Å²) >= 11 is 0. The molecule has 2 aromatic rings. The van der Waals surface area contributed by atoms with Gasteiger partial charge < -0.3 is 14.7 Å². The van der Waals surface area contributed by atoms with Gasteiger partial charge in [-0.3, -0.25) is 5.32 Å². The van der Waals surface area contributed by atoms with E-state index in [9.17, 15) is 5.21 Å². The van der Waals surface area contributed by atoms with Crippen molar-refractivity contribution in [3.63, 3.8) is 0 Å². The second-order valence-electron chi connectivity index (χ2n) is 3.98. The highest BCUT2D eigenvalue weighted by molar-refractivity contribution is 5.37. The van der Waals surface area contributed by atoms with Gasteiger partial charge in [-0.1, -0.05) is 12.1 Å². The average Bonchev–Trinajstić information content (AvgIpc) is 2.47. The Balaban J connectivity index is 2.05. The van der Waals surface area contributed by atoms with E-state index in [2.05, 4.69) is 5.32 Å². The summed E-state index contributed by atoms with van der Waals surface area (Å²) in [5.74, 6) is 1.91. The van der Waals surface area contributed by atoms with Crippen LogP contribution >= 0.6 is 0 Å². The first-order chi connectivity index (χ1) is 9.22. The van der Waals surface area contributed by atoms with Crippen LogP contribution in [0.2, 0.25) is 0 Å². The number of methoxy groups -OCH3 is 2. The van der Waals surface area contributed by atoms with Crippen LogP contribution in [0.15, 0.2) is 42.6 Å². The Hall–Kier alpha value is -2.43. The molecule has 0 unspecified atom stereocenters. The zero-order chi connectivity index (χ0) is 13.7. The number of pyridine rings is 1. The van der Waals surface area contributed by atoms with Crippen LogP contribution in [0.3, 0.4) is 0 Å². The fraction of sp³-hybridized carbons (Fsp3) is 0.214. The summed E-state index contributed by atoms with van der Waals surface area (Å²) in [6, 6.07) is 10.9. The Labute approximate surface area is 112 Å². The van der Waals surface area contributed by atoms with E-state index in [4.69, 9.17) is 9.47 Å². The molecule has 0 aliphatic carbocycles. The number of hydrogen-bond acceptors (Lipinski definition) is 4. The number of benzene rings is 1. The number of aromatic nitrogens is 1. The van der Waals surface area contributed by atoms with E-state index >= 15 is 0 Å². The van der Waals surface area contributed by atoms with Crippen LogP contribution in [0.1, 0.15) is 5.56 Å². The standard InChI is InChI=1S/C14H16N2O3/c1-18-12-5-3-11(4-6-12)10-15-14-9-13(19-2)7-8-16(14)17/h3-9,15H,10H2,1-2H3. The van der Waals surface area contributed by atoms with Gasteiger partial charge in [0.15, 0.2) is 0 Å². The number of anilines is 1. The molecule has 2 rings (SSSR count). The van der Waals surface area contributed by atoms with Crippen molar-refractivity contribution in [2.75, 3.05) is 19.5 Å². The van der Waals surface area contributed by atoms with Crippen molar-refractivity contribution >= 4 is 5.82 Å². The Bertz CT molecular complexity index is 541. The first-order valence-corrected chi connectivity index (χ1v) is 5.87. The van der Waals surface area contributed by atoms with Gasteiger partial charge in [0.1, 0.15) is 18.0 Å². The Morgan fingerprint density at radius 2 is 1.74 bits per heavy atom. The molecule has 19 heavy (non-hydrogen) atoms. The molecule has 0 saturated heterocycles. The van der Waals surface area contributed by atoms with Crippen molar-refractivity contribution in [1.82, 2.24) is 0 Å². The third kappa shape index (κ3) is 3.28. The fourth-order valence-corrected chi connectivity index (χ4v) is 1.66. The van der Waals surface area contributed by atoms with E-state index in [-0.39, 0.29) is 0 Å². The van der Waals surface area contributed by atoms with Crippen molar-refractivity contribution < 1.29 is 14.2 Å². The van der Waals surface area contributed by atoms with E-state index in [1.807, 2.05) is 24.3 Å². The fourth-order valence-electron chi connectivity index (χ4n) is 1.66. The highest BCUT2D eigenvalue weighted by Crippen LogP contribution is 2.15. The van der Waals surface area contributed by atoms with Crippen LogP contribution in [0.25, 0.3) is 0 Å². The van der Waals surface area contributed by atoms with Crippen LogP contribution < -0.4 is 19.5 Å². The number of rotatable bonds is 5. The topological polar surface area (TPSA) is 57.4 Å². The highest BCUT2D eigenvalue weighted by Gasteiger charge is 2.06. The quantitative estimate of drug-likeness (QED) is 0.659. The first kappa shape index (κ1) is 13.0. The van der Waals surface area contributed by atoms with Crippen molar-refractivity contribution in [1.29, 1.82) is 0 Å². The number of ether oxygens (including phenoxy) is 2. The summed E-state index contributed by atoms with van der Waals surface area (Å²) in [5.41, 5.74) is 1.06. The second-order valence-corrected chi connectivity index (χ2v) is 3.98. The van der Waals surface area contributed by atoms with Gasteiger partial charge in [0.25, 0.3) is 5.82 Å². The molecule has 0 fully saturated rings. The molecule has 0 aliphatic heterocycles. The van der Waals surface area contributed by atoms with Crippen molar-refractivity contribution in [3.05, 3.63) is 53.4 Å². The Morgan fingerprint density at radius 3 is 2.37 bits per heavy atom. The first-order valence-electron chi connectivity index (χ1n) is 5.87. The number of hydrogen-bond donors (Lipinski definition) is 1. The van der Waals surface area contributed by atoms with Crippen molar-refractivity contribution in [2.45, 2.75) is 6.54 Å². The predicted molar refractivity (Wildman–Crippen MR) is 72.3 cm³/mol. The van der Waals surface area contributed by atoms with E-state index in [1.165, 1.54) is 6.20 Å². The SMILES string of the molecule is COc1ccc(CNc2cc(OC)cc[n+]2[O-])cc1. The molecule has 0 spiro atoms. The van der Waals surface area contributed by atoms with Crippen LogP contribution in [0, 0.1) is 5.21 Å². The van der Waals surface area contributed by atoms with Gasteiger partial charge in [0.2, 0.25) is 0 Å². The van der Waals surface area contributed by atoms with Gasteiger partial charge in [-0.2, -0.15) is 0 Å². The lowest BCUT2D eigenvalue weighted by Gasteiger charge is -2.10. The maximum Gasteiger partial charge on any atom is 0.281 e. The zero-order valence-corrected chi connectivity index (χ0v) is 10.9. The van der Waals surface area contributed by atoms with Gasteiger partial charge in [0, 0.05) is 6.07 Å². The second kappa shape index (κ2) is 5.95. The Kier molecular flexibility index (Phi) is 4.07. The summed E-state index contributed by atoms with van der Waals surface area (Å²) in [5, 5.41) is 14.7. The van der Waals surface area contributed by atoms with E-state index in [1.54, 1.807) is 26.4 Å². The molecule has 0 radical (unpaired) electrons. The van der Waals surface area contributed by atoms with Gasteiger partial charge in [-0.05, 0) is 17.7 Å². The molecule has 1 N–H and O–H groups in total. The molecule has 5 nitrogen and oxygen atoms in total. The molecular formula is C14H16N2O3. The smallest absolute Gasteiger partial charge is 0.281 e. The molecule has 0 aliphatic rings. The third-order valence-corrected chi connectivity index (χ3v) is 2.76. The molecule has 5 heteroatoms. The molecule has 1 aromatic heterocycles. The van der Waals surface area contributed by atoms with Crippen LogP contribution in [0.5, 0.6) is 11.5 Å². The molecule has 1 heterocycles. The van der Waals surface area contributed by atoms with Gasteiger partial charge in [-0.15, -0.1) is 0 Å². The summed E-state index contributed by atoms with van der Waals surface area (Å²) < 4.78 is 10.9. The molecule has 0 bridgehead atoms. The highest BCUT2D eigenvalue weighted by atomic mass is 16.5. The zero-order valence-electron chi connectivity index (χ0n) is 10.9. The molecule has 0 saturated carbocycles. The van der Waals surface area contributed by atoms with Crippen LogP contribution in [-0.4, -0.2) is 14.2 Å². The minimum atomic E-state index is 0.454. The third-order valence-electron chi connectivity index (χ3n) is 2.76. The maximum absolute atomic E-state index is 11.6. The largest absolute Gasteiger partial charge is 0.711 e. The van der Waals surface area contributed by atoms with Crippen molar-refractivity contribution in [2.24, 2.45) is 0 Å². The molecule has 100 valence electrons. The average molecular weight is 260 g/mol. The van der Waals surface area contributed by atoms with Crippen molar-refractivity contribution in [3.8, 4) is 11.5 Å². The number of nitrogens with zero attached hydrogens (tertiary/aromatic N) is 1. The van der Waals surface area contributed by atoms with Gasteiger partial charge in [0.05, 0.1) is 26.5 Å². The van der Waals surface area contributed by atoms with Gasteiger partial charge in [-0.25, -0.2) is 4.73 Å². The lowest BCUT2D eigenvalue weighted by Crippen LogP contribution is -2.30. The normalized spacial score (nSPS) is 10.0. The summed E-state index contributed by atoms with van der Waals surface area (Å²) in [7, 11) is 3.20. The summed E-state index contributed by atoms with van der Waals surface area (Å²) in [6.45, 7) is 0.555. The summed E-state index contributed by atoms with van der Waals surface area (Å²) in [4.78, 5) is 0. The molecule has 0 atom stereocenters. The molecule has 0 amide bonds. The minimum Gasteiger partial charge on any atom is -0.711 e. The van der Waals surface area contributed by atoms with E-state index in [0.717, 1.165) is 16.0 Å². The minimum absolute atomic E-state index is 0.454. The Morgan fingerprint density at radius 1 is 1.05 bits per heavy atom. The van der Waals surface area contributed by atoms with E-state index < -0.39 is 0 Å². The summed E-state index contributed by atoms with van der Waals surface area (Å²) in [6.07, 6.45) is 1.41. The monoisotopic (exact) mass is 260 g/mol. The van der Waals surface area contributed by atoms with Crippen LogP contribution in [0.4, 0.5) is 5.82 Å². The predicted octanol–water partition coefficient (Wildman–Crippen LogP) is 1.95. The van der Waals surface area contributed by atoms with Gasteiger partial charge >= 0.3 is 0 Å². The lowest BCUT2D eigenvalue weighted by molar-refractivity contribution is -0.590. The maximum atomic E-state index is 11.6.